The highest BCUT2D eigenvalue weighted by Crippen LogP contribution is 2.28. The van der Waals surface area contributed by atoms with Crippen LogP contribution in [-0.4, -0.2) is 36.0 Å². The van der Waals surface area contributed by atoms with Crippen molar-refractivity contribution in [1.82, 2.24) is 10.6 Å². The number of benzene rings is 1. The molecule has 0 aliphatic heterocycles. The first-order chi connectivity index (χ1) is 11.1. The molecule has 0 radical (unpaired) electrons. The number of hydrogen-bond donors (Lipinski definition) is 3. The maximum Gasteiger partial charge on any atom is 0.248 e. The smallest absolute Gasteiger partial charge is 0.248 e. The van der Waals surface area contributed by atoms with Gasteiger partial charge in [-0.25, -0.2) is 4.99 Å². The van der Waals surface area contributed by atoms with Crippen LogP contribution in [0.5, 0.6) is 0 Å². The number of carbonyl (C=O) groups is 1. The Morgan fingerprint density at radius 2 is 2.04 bits per heavy atom. The highest BCUT2D eigenvalue weighted by Gasteiger charge is 2.24. The molecule has 1 saturated carbocycles. The second-order valence-electron chi connectivity index (χ2n) is 5.77. The van der Waals surface area contributed by atoms with Gasteiger partial charge >= 0.3 is 0 Å². The number of nitrogens with two attached hydrogens (primary N) is 1. The Hall–Kier alpha value is -0.960. The van der Waals surface area contributed by atoms with Gasteiger partial charge in [0.05, 0.1) is 6.54 Å². The molecule has 0 bridgehead atoms. The third-order valence-corrected chi connectivity index (χ3v) is 5.16. The molecule has 0 saturated heterocycles. The van der Waals surface area contributed by atoms with Crippen molar-refractivity contribution in [2.24, 2.45) is 10.7 Å². The van der Waals surface area contributed by atoms with Gasteiger partial charge < -0.3 is 16.4 Å². The van der Waals surface area contributed by atoms with E-state index in [1.165, 1.54) is 19.3 Å². The van der Waals surface area contributed by atoms with Gasteiger partial charge in [-0.05, 0) is 50.1 Å². The van der Waals surface area contributed by atoms with E-state index in [4.69, 9.17) is 5.73 Å². The summed E-state index contributed by atoms with van der Waals surface area (Å²) in [6, 6.07) is 7.78. The average Bonchev–Trinajstić information content (AvgIpc) is 3.01. The number of hydrogen-bond acceptors (Lipinski definition) is 3. The molecule has 24 heavy (non-hydrogen) atoms. The average molecular weight is 462 g/mol. The molecular formula is C17H27IN4OS. The van der Waals surface area contributed by atoms with Crippen LogP contribution in [0.2, 0.25) is 0 Å². The molecule has 1 amide bonds. The Labute approximate surface area is 165 Å². The molecule has 0 aromatic heterocycles. The standard InChI is InChI=1S/C17H26N4OS.HI/c1-3-19-17(21-14-8-9-15(10-14)23-2)20-11-12-4-6-13(7-5-12)16(18)22;/h4-7,14-15H,3,8-11H2,1-2H3,(H2,18,22)(H2,19,20,21);1H. The minimum atomic E-state index is -0.403. The predicted molar refractivity (Wildman–Crippen MR) is 113 cm³/mol. The van der Waals surface area contributed by atoms with E-state index in [1.54, 1.807) is 12.1 Å². The summed E-state index contributed by atoms with van der Waals surface area (Å²) in [7, 11) is 0. The van der Waals surface area contributed by atoms with Crippen LogP contribution in [-0.2, 0) is 6.54 Å². The quantitative estimate of drug-likeness (QED) is 0.345. The van der Waals surface area contributed by atoms with E-state index in [9.17, 15) is 4.79 Å². The molecule has 4 N–H and O–H groups in total. The zero-order chi connectivity index (χ0) is 16.7. The summed E-state index contributed by atoms with van der Waals surface area (Å²) in [4.78, 5) is 15.7. The van der Waals surface area contributed by atoms with E-state index in [-0.39, 0.29) is 24.0 Å². The van der Waals surface area contributed by atoms with Gasteiger partial charge in [-0.1, -0.05) is 12.1 Å². The van der Waals surface area contributed by atoms with Crippen LogP contribution in [0.4, 0.5) is 0 Å². The highest BCUT2D eigenvalue weighted by molar-refractivity contribution is 14.0. The molecule has 2 rings (SSSR count). The van der Waals surface area contributed by atoms with Crippen LogP contribution >= 0.6 is 35.7 Å². The van der Waals surface area contributed by atoms with Crippen molar-refractivity contribution < 1.29 is 4.79 Å². The van der Waals surface area contributed by atoms with Crippen molar-refractivity contribution in [3.8, 4) is 0 Å². The third-order valence-electron chi connectivity index (χ3n) is 4.06. The predicted octanol–water partition coefficient (Wildman–Crippen LogP) is 2.74. The van der Waals surface area contributed by atoms with E-state index in [0.717, 1.165) is 23.3 Å². The van der Waals surface area contributed by atoms with Gasteiger partial charge in [-0.15, -0.1) is 24.0 Å². The maximum absolute atomic E-state index is 11.1. The van der Waals surface area contributed by atoms with Crippen LogP contribution in [0.1, 0.15) is 42.1 Å². The summed E-state index contributed by atoms with van der Waals surface area (Å²) in [5.74, 6) is 0.456. The fourth-order valence-corrected chi connectivity index (χ4v) is 3.54. The lowest BCUT2D eigenvalue weighted by Gasteiger charge is -2.17. The molecule has 1 aliphatic rings. The first kappa shape index (κ1) is 21.1. The number of primary amides is 1. The van der Waals surface area contributed by atoms with Crippen LogP contribution in [0.15, 0.2) is 29.3 Å². The fourth-order valence-electron chi connectivity index (χ4n) is 2.74. The molecule has 134 valence electrons. The zero-order valence-corrected chi connectivity index (χ0v) is 17.4. The Morgan fingerprint density at radius 1 is 1.33 bits per heavy atom. The molecule has 1 aromatic rings. The van der Waals surface area contributed by atoms with Crippen molar-refractivity contribution in [3.05, 3.63) is 35.4 Å². The molecule has 5 nitrogen and oxygen atoms in total. The van der Waals surface area contributed by atoms with Gasteiger partial charge in [-0.2, -0.15) is 11.8 Å². The number of nitrogens with one attached hydrogen (secondary N) is 2. The van der Waals surface area contributed by atoms with E-state index >= 15 is 0 Å². The van der Waals surface area contributed by atoms with Crippen molar-refractivity contribution in [2.45, 2.75) is 44.0 Å². The number of rotatable bonds is 6. The maximum atomic E-state index is 11.1. The topological polar surface area (TPSA) is 79.5 Å². The van der Waals surface area contributed by atoms with Crippen LogP contribution in [0, 0.1) is 0 Å². The molecule has 1 aromatic carbocycles. The fraction of sp³-hybridized carbons (Fsp3) is 0.529. The SMILES string of the molecule is CCNC(=NCc1ccc(C(N)=O)cc1)NC1CCC(SC)C1.I. The Morgan fingerprint density at radius 3 is 2.58 bits per heavy atom. The highest BCUT2D eigenvalue weighted by atomic mass is 127. The van der Waals surface area contributed by atoms with E-state index < -0.39 is 5.91 Å². The lowest BCUT2D eigenvalue weighted by Crippen LogP contribution is -2.42. The minimum absolute atomic E-state index is 0. The molecule has 0 spiro atoms. The molecule has 0 heterocycles. The number of thioether (sulfide) groups is 1. The molecular weight excluding hydrogens is 435 g/mol. The Balaban J connectivity index is 0.00000288. The summed E-state index contributed by atoms with van der Waals surface area (Å²) >= 11 is 1.95. The molecule has 7 heteroatoms. The first-order valence-corrected chi connectivity index (χ1v) is 9.37. The first-order valence-electron chi connectivity index (χ1n) is 8.08. The van der Waals surface area contributed by atoms with Crippen molar-refractivity contribution in [1.29, 1.82) is 0 Å². The lowest BCUT2D eigenvalue weighted by molar-refractivity contribution is 0.100. The lowest BCUT2D eigenvalue weighted by atomic mass is 10.1. The second kappa shape index (κ2) is 10.8. The number of carbonyl (C=O) groups excluding carboxylic acids is 1. The van der Waals surface area contributed by atoms with Gasteiger partial charge in [0, 0.05) is 23.4 Å². The van der Waals surface area contributed by atoms with Crippen molar-refractivity contribution >= 4 is 47.6 Å². The molecule has 1 aliphatic carbocycles. The number of guanidine groups is 1. The summed E-state index contributed by atoms with van der Waals surface area (Å²) < 4.78 is 0. The summed E-state index contributed by atoms with van der Waals surface area (Å²) in [6.07, 6.45) is 5.84. The van der Waals surface area contributed by atoms with Gasteiger partial charge in [0.25, 0.3) is 0 Å². The Bertz CT molecular complexity index is 550. The van der Waals surface area contributed by atoms with Crippen molar-refractivity contribution in [2.75, 3.05) is 12.8 Å². The van der Waals surface area contributed by atoms with Gasteiger partial charge in [0.15, 0.2) is 5.96 Å². The summed E-state index contributed by atoms with van der Waals surface area (Å²) in [5.41, 5.74) is 6.83. The second-order valence-corrected chi connectivity index (χ2v) is 6.91. The van der Waals surface area contributed by atoms with Gasteiger partial charge in [-0.3, -0.25) is 4.79 Å². The van der Waals surface area contributed by atoms with Gasteiger partial charge in [0.2, 0.25) is 5.91 Å². The number of aliphatic imine (C=N–C) groups is 1. The number of nitrogens with zero attached hydrogens (tertiary/aromatic N) is 1. The monoisotopic (exact) mass is 462 g/mol. The third kappa shape index (κ3) is 6.51. The van der Waals surface area contributed by atoms with E-state index in [1.807, 2.05) is 23.9 Å². The van der Waals surface area contributed by atoms with Crippen molar-refractivity contribution in [3.63, 3.8) is 0 Å². The normalized spacial score (nSPS) is 20.3. The number of amides is 1. The Kier molecular flexibility index (Phi) is 9.50. The summed E-state index contributed by atoms with van der Waals surface area (Å²) in [6.45, 7) is 3.48. The molecule has 2 unspecified atom stereocenters. The van der Waals surface area contributed by atoms with Crippen LogP contribution < -0.4 is 16.4 Å². The van der Waals surface area contributed by atoms with Crippen LogP contribution in [0.3, 0.4) is 0 Å². The minimum Gasteiger partial charge on any atom is -0.366 e. The number of halogens is 1. The van der Waals surface area contributed by atoms with E-state index in [2.05, 4.69) is 28.8 Å². The summed E-state index contributed by atoms with van der Waals surface area (Å²) in [5, 5.41) is 7.59. The van der Waals surface area contributed by atoms with Crippen LogP contribution in [0.25, 0.3) is 0 Å². The van der Waals surface area contributed by atoms with Gasteiger partial charge in [0.1, 0.15) is 0 Å². The molecule has 2 atom stereocenters. The van der Waals surface area contributed by atoms with E-state index in [0.29, 0.717) is 18.2 Å². The molecule has 1 fully saturated rings. The largest absolute Gasteiger partial charge is 0.366 e. The zero-order valence-electron chi connectivity index (χ0n) is 14.2.